The highest BCUT2D eigenvalue weighted by Crippen LogP contribution is 2.20. The molecule has 0 aliphatic carbocycles. The van der Waals surface area contributed by atoms with Crippen molar-refractivity contribution in [3.05, 3.63) is 64.6 Å². The molecule has 1 N–H and O–H groups in total. The van der Waals surface area contributed by atoms with Gasteiger partial charge in [0.15, 0.2) is 0 Å². The van der Waals surface area contributed by atoms with E-state index in [2.05, 4.69) is 33.4 Å². The minimum atomic E-state index is -0.0844. The van der Waals surface area contributed by atoms with Gasteiger partial charge in [0, 0.05) is 15.9 Å². The summed E-state index contributed by atoms with van der Waals surface area (Å²) in [6, 6.07) is 17.7. The lowest BCUT2D eigenvalue weighted by Gasteiger charge is -2.12. The van der Waals surface area contributed by atoms with Crippen LogP contribution in [-0.2, 0) is 10.5 Å². The molecule has 1 amide bonds. The largest absolute Gasteiger partial charge is 0.325 e. The second-order valence-electron chi connectivity index (χ2n) is 4.43. The summed E-state index contributed by atoms with van der Waals surface area (Å²) in [5, 5.41) is 2.84. The summed E-state index contributed by atoms with van der Waals surface area (Å²) in [6.45, 7) is 1.93. The first-order valence-corrected chi connectivity index (χ1v) is 8.21. The molecule has 1 atom stereocenters. The summed E-state index contributed by atoms with van der Waals surface area (Å²) in [5.74, 6) is 0.870. The molecule has 4 heteroatoms. The number of carbonyl (C=O) groups is 1. The number of anilines is 1. The van der Waals surface area contributed by atoms with Crippen LogP contribution in [-0.4, -0.2) is 11.2 Å². The summed E-state index contributed by atoms with van der Waals surface area (Å²) in [4.78, 5) is 12.0. The van der Waals surface area contributed by atoms with Crippen molar-refractivity contribution >= 4 is 39.3 Å². The zero-order valence-corrected chi connectivity index (χ0v) is 13.6. The van der Waals surface area contributed by atoms with Gasteiger partial charge in [-0.25, -0.2) is 0 Å². The maximum atomic E-state index is 12.0. The number of para-hydroxylation sites is 1. The molecule has 0 heterocycles. The monoisotopic (exact) mass is 349 g/mol. The Balaban J connectivity index is 1.83. The Morgan fingerprint density at radius 1 is 1.15 bits per heavy atom. The second kappa shape index (κ2) is 7.50. The van der Waals surface area contributed by atoms with Crippen molar-refractivity contribution in [1.82, 2.24) is 0 Å². The molecule has 0 aliphatic rings. The van der Waals surface area contributed by atoms with Gasteiger partial charge in [-0.1, -0.05) is 46.3 Å². The number of halogens is 1. The Labute approximate surface area is 132 Å². The predicted octanol–water partition coefficient (Wildman–Crippen LogP) is 4.71. The van der Waals surface area contributed by atoms with Crippen LogP contribution in [0.15, 0.2) is 59.1 Å². The molecule has 20 heavy (non-hydrogen) atoms. The fraction of sp³-hybridized carbons (Fsp3) is 0.188. The second-order valence-corrected chi connectivity index (χ2v) is 6.68. The third-order valence-corrected chi connectivity index (χ3v) is 4.57. The highest BCUT2D eigenvalue weighted by Gasteiger charge is 2.13. The normalized spacial score (nSPS) is 11.9. The van der Waals surface area contributed by atoms with Crippen molar-refractivity contribution in [1.29, 1.82) is 0 Å². The Bertz CT molecular complexity index is 556. The molecule has 2 nitrogen and oxygen atoms in total. The molecule has 0 fully saturated rings. The Hall–Kier alpha value is -1.26. The molecule has 0 spiro atoms. The molecule has 0 aliphatic heterocycles. The van der Waals surface area contributed by atoms with E-state index in [9.17, 15) is 4.79 Å². The zero-order chi connectivity index (χ0) is 14.4. The smallest absolute Gasteiger partial charge is 0.237 e. The van der Waals surface area contributed by atoms with E-state index < -0.39 is 0 Å². The lowest BCUT2D eigenvalue weighted by Crippen LogP contribution is -2.22. The lowest BCUT2D eigenvalue weighted by molar-refractivity contribution is -0.115. The fourth-order valence-electron chi connectivity index (χ4n) is 1.64. The van der Waals surface area contributed by atoms with Gasteiger partial charge >= 0.3 is 0 Å². The van der Waals surface area contributed by atoms with E-state index in [1.54, 1.807) is 11.8 Å². The van der Waals surface area contributed by atoms with E-state index in [4.69, 9.17) is 0 Å². The maximum Gasteiger partial charge on any atom is 0.237 e. The zero-order valence-electron chi connectivity index (χ0n) is 11.2. The number of carbonyl (C=O) groups excluding carboxylic acids is 1. The molecule has 0 saturated heterocycles. The van der Waals surface area contributed by atoms with Crippen LogP contribution in [0.5, 0.6) is 0 Å². The Morgan fingerprint density at radius 3 is 2.45 bits per heavy atom. The quantitative estimate of drug-likeness (QED) is 0.846. The molecule has 2 aromatic rings. The Morgan fingerprint density at radius 2 is 1.80 bits per heavy atom. The molecule has 0 aromatic heterocycles. The standard InChI is InChI=1S/C16H16BrNOS/c1-12(16(19)18-15-5-3-2-4-6-15)20-11-13-7-9-14(17)10-8-13/h2-10,12H,11H2,1H3,(H,18,19)/t12-/m1/s1. The van der Waals surface area contributed by atoms with Crippen LogP contribution in [0.2, 0.25) is 0 Å². The SMILES string of the molecule is C[C@@H](SCc1ccc(Br)cc1)C(=O)Nc1ccccc1. The van der Waals surface area contributed by atoms with Crippen LogP contribution in [0, 0.1) is 0 Å². The molecule has 0 unspecified atom stereocenters. The number of nitrogens with one attached hydrogen (secondary N) is 1. The molecule has 0 saturated carbocycles. The van der Waals surface area contributed by atoms with Crippen molar-refractivity contribution in [3.8, 4) is 0 Å². The minimum Gasteiger partial charge on any atom is -0.325 e. The molecule has 2 rings (SSSR count). The van der Waals surface area contributed by atoms with Crippen molar-refractivity contribution in [2.75, 3.05) is 5.32 Å². The number of hydrogen-bond donors (Lipinski definition) is 1. The highest BCUT2D eigenvalue weighted by molar-refractivity contribution is 9.10. The van der Waals surface area contributed by atoms with Gasteiger partial charge in [-0.3, -0.25) is 4.79 Å². The highest BCUT2D eigenvalue weighted by atomic mass is 79.9. The molecular weight excluding hydrogens is 334 g/mol. The predicted molar refractivity (Wildman–Crippen MR) is 90.0 cm³/mol. The summed E-state index contributed by atoms with van der Waals surface area (Å²) in [7, 11) is 0. The van der Waals surface area contributed by atoms with Crippen LogP contribution >= 0.6 is 27.7 Å². The fourth-order valence-corrected chi connectivity index (χ4v) is 2.75. The molecule has 2 aromatic carbocycles. The number of rotatable bonds is 5. The molecule has 0 bridgehead atoms. The van der Waals surface area contributed by atoms with Gasteiger partial charge in [0.25, 0.3) is 0 Å². The van der Waals surface area contributed by atoms with Gasteiger partial charge in [-0.05, 0) is 36.8 Å². The van der Waals surface area contributed by atoms with E-state index in [1.807, 2.05) is 49.4 Å². The summed E-state index contributed by atoms with van der Waals surface area (Å²) < 4.78 is 1.07. The van der Waals surface area contributed by atoms with Crippen molar-refractivity contribution < 1.29 is 4.79 Å². The average Bonchev–Trinajstić information content (AvgIpc) is 2.47. The van der Waals surface area contributed by atoms with E-state index in [0.717, 1.165) is 15.9 Å². The minimum absolute atomic E-state index is 0.0401. The number of amides is 1. The third kappa shape index (κ3) is 4.69. The van der Waals surface area contributed by atoms with Crippen LogP contribution in [0.1, 0.15) is 12.5 Å². The Kier molecular flexibility index (Phi) is 5.68. The van der Waals surface area contributed by atoms with Gasteiger partial charge in [0.2, 0.25) is 5.91 Å². The molecule has 0 radical (unpaired) electrons. The van der Waals surface area contributed by atoms with Gasteiger partial charge in [0.05, 0.1) is 5.25 Å². The summed E-state index contributed by atoms with van der Waals surface area (Å²) in [6.07, 6.45) is 0. The first-order valence-electron chi connectivity index (χ1n) is 6.37. The van der Waals surface area contributed by atoms with Gasteiger partial charge in [0.1, 0.15) is 0 Å². The first-order chi connectivity index (χ1) is 9.65. The van der Waals surface area contributed by atoms with Crippen LogP contribution < -0.4 is 5.32 Å². The van der Waals surface area contributed by atoms with Crippen LogP contribution in [0.3, 0.4) is 0 Å². The third-order valence-electron chi connectivity index (χ3n) is 2.82. The number of thioether (sulfide) groups is 1. The number of hydrogen-bond acceptors (Lipinski definition) is 2. The van der Waals surface area contributed by atoms with Gasteiger partial charge in [-0.15, -0.1) is 11.8 Å². The van der Waals surface area contributed by atoms with Crippen LogP contribution in [0.4, 0.5) is 5.69 Å². The molecule has 104 valence electrons. The van der Waals surface area contributed by atoms with Gasteiger partial charge in [-0.2, -0.15) is 0 Å². The summed E-state index contributed by atoms with van der Waals surface area (Å²) >= 11 is 5.05. The van der Waals surface area contributed by atoms with Gasteiger partial charge < -0.3 is 5.32 Å². The topological polar surface area (TPSA) is 29.1 Å². The van der Waals surface area contributed by atoms with E-state index >= 15 is 0 Å². The number of benzene rings is 2. The first kappa shape index (κ1) is 15.1. The average molecular weight is 350 g/mol. The van der Waals surface area contributed by atoms with Crippen molar-refractivity contribution in [3.63, 3.8) is 0 Å². The maximum absolute atomic E-state index is 12.0. The van der Waals surface area contributed by atoms with E-state index in [-0.39, 0.29) is 11.2 Å². The lowest BCUT2D eigenvalue weighted by atomic mass is 10.2. The summed E-state index contributed by atoms with van der Waals surface area (Å²) in [5.41, 5.74) is 2.06. The van der Waals surface area contributed by atoms with Crippen molar-refractivity contribution in [2.24, 2.45) is 0 Å². The van der Waals surface area contributed by atoms with Crippen LogP contribution in [0.25, 0.3) is 0 Å². The molecular formula is C16H16BrNOS. The van der Waals surface area contributed by atoms with Crippen molar-refractivity contribution in [2.45, 2.75) is 17.9 Å². The van der Waals surface area contributed by atoms with E-state index in [0.29, 0.717) is 0 Å². The van der Waals surface area contributed by atoms with E-state index in [1.165, 1.54) is 5.56 Å².